The fourth-order valence-electron chi connectivity index (χ4n) is 1.63. The van der Waals surface area contributed by atoms with E-state index in [0.717, 1.165) is 25.1 Å². The van der Waals surface area contributed by atoms with E-state index in [4.69, 9.17) is 9.47 Å². The summed E-state index contributed by atoms with van der Waals surface area (Å²) in [7, 11) is 1.67. The predicted molar refractivity (Wildman–Crippen MR) is 75.3 cm³/mol. The summed E-state index contributed by atoms with van der Waals surface area (Å²) in [6.45, 7) is 5.63. The quantitative estimate of drug-likeness (QED) is 0.534. The highest BCUT2D eigenvalue weighted by Crippen LogP contribution is 1.97. The molecule has 0 amide bonds. The van der Waals surface area contributed by atoms with Gasteiger partial charge in [0.15, 0.2) is 0 Å². The lowest BCUT2D eigenvalue weighted by Gasteiger charge is -2.10. The molecule has 0 saturated carbocycles. The van der Waals surface area contributed by atoms with Crippen molar-refractivity contribution in [3.05, 3.63) is 11.9 Å². The minimum atomic E-state index is -0.553. The Bertz CT molecular complexity index is 346. The Labute approximate surface area is 120 Å². The van der Waals surface area contributed by atoms with E-state index in [9.17, 15) is 5.11 Å². The zero-order valence-corrected chi connectivity index (χ0v) is 12.4. The highest BCUT2D eigenvalue weighted by atomic mass is 16.5. The van der Waals surface area contributed by atoms with E-state index in [2.05, 4.69) is 22.6 Å². The number of unbranched alkanes of at least 4 members (excludes halogenated alkanes) is 1. The van der Waals surface area contributed by atoms with Gasteiger partial charge in [-0.15, -0.1) is 5.10 Å². The van der Waals surface area contributed by atoms with Crippen molar-refractivity contribution in [2.75, 3.05) is 33.5 Å². The van der Waals surface area contributed by atoms with Gasteiger partial charge in [-0.2, -0.15) is 0 Å². The van der Waals surface area contributed by atoms with Crippen LogP contribution >= 0.6 is 0 Å². The van der Waals surface area contributed by atoms with Gasteiger partial charge in [0.1, 0.15) is 0 Å². The fraction of sp³-hybridized carbons (Fsp3) is 0.846. The Hall–Kier alpha value is -1.02. The molecule has 0 saturated heterocycles. The van der Waals surface area contributed by atoms with Gasteiger partial charge < -0.3 is 19.9 Å². The summed E-state index contributed by atoms with van der Waals surface area (Å²) in [5.74, 6) is 0. The summed E-state index contributed by atoms with van der Waals surface area (Å²) >= 11 is 0. The van der Waals surface area contributed by atoms with E-state index in [1.165, 1.54) is 0 Å². The SMILES string of the molecule is CCCCOCC(O)Cn1cc(CNCCOC)nn1. The van der Waals surface area contributed by atoms with Gasteiger partial charge in [0, 0.05) is 33.0 Å². The molecular formula is C13H26N4O3. The molecule has 0 spiro atoms. The lowest BCUT2D eigenvalue weighted by molar-refractivity contribution is 0.0251. The number of hydrogen-bond acceptors (Lipinski definition) is 6. The molecule has 7 heteroatoms. The van der Waals surface area contributed by atoms with E-state index < -0.39 is 6.10 Å². The molecule has 0 bridgehead atoms. The molecule has 7 nitrogen and oxygen atoms in total. The summed E-state index contributed by atoms with van der Waals surface area (Å²) in [6.07, 6.45) is 3.39. The summed E-state index contributed by atoms with van der Waals surface area (Å²) in [6, 6.07) is 0. The fourth-order valence-corrected chi connectivity index (χ4v) is 1.63. The second-order valence-corrected chi connectivity index (χ2v) is 4.68. The van der Waals surface area contributed by atoms with Crippen LogP contribution in [0, 0.1) is 0 Å². The Kier molecular flexibility index (Phi) is 9.14. The van der Waals surface area contributed by atoms with Crippen molar-refractivity contribution in [2.45, 2.75) is 39.0 Å². The van der Waals surface area contributed by atoms with Crippen LogP contribution in [0.3, 0.4) is 0 Å². The highest BCUT2D eigenvalue weighted by molar-refractivity contribution is 4.91. The van der Waals surface area contributed by atoms with Gasteiger partial charge in [-0.25, -0.2) is 4.68 Å². The van der Waals surface area contributed by atoms with E-state index in [1.54, 1.807) is 11.8 Å². The van der Waals surface area contributed by atoms with Gasteiger partial charge in [-0.3, -0.25) is 0 Å². The van der Waals surface area contributed by atoms with Gasteiger partial charge in [0.25, 0.3) is 0 Å². The molecule has 1 aromatic rings. The maximum absolute atomic E-state index is 9.81. The number of aliphatic hydroxyl groups is 1. The van der Waals surface area contributed by atoms with Crippen molar-refractivity contribution >= 4 is 0 Å². The molecule has 1 atom stereocenters. The van der Waals surface area contributed by atoms with E-state index in [1.807, 2.05) is 6.20 Å². The third kappa shape index (κ3) is 7.54. The van der Waals surface area contributed by atoms with E-state index in [0.29, 0.717) is 32.9 Å². The third-order valence-electron chi connectivity index (χ3n) is 2.73. The predicted octanol–water partition coefficient (Wildman–Crippen LogP) is 0.192. The summed E-state index contributed by atoms with van der Waals surface area (Å²) < 4.78 is 12.0. The van der Waals surface area contributed by atoms with Gasteiger partial charge in [-0.05, 0) is 6.42 Å². The lowest BCUT2D eigenvalue weighted by atomic mass is 10.3. The highest BCUT2D eigenvalue weighted by Gasteiger charge is 2.07. The van der Waals surface area contributed by atoms with Crippen LogP contribution < -0.4 is 5.32 Å². The molecule has 0 aliphatic carbocycles. The minimum Gasteiger partial charge on any atom is -0.389 e. The largest absolute Gasteiger partial charge is 0.389 e. The number of ether oxygens (including phenoxy) is 2. The molecule has 0 aliphatic heterocycles. The van der Waals surface area contributed by atoms with Crippen molar-refractivity contribution in [1.29, 1.82) is 0 Å². The van der Waals surface area contributed by atoms with Crippen LogP contribution in [-0.2, 0) is 22.6 Å². The first kappa shape index (κ1) is 17.0. The van der Waals surface area contributed by atoms with Crippen LogP contribution in [0.4, 0.5) is 0 Å². The van der Waals surface area contributed by atoms with Gasteiger partial charge in [0.05, 0.1) is 31.6 Å². The first-order valence-electron chi connectivity index (χ1n) is 7.10. The molecule has 116 valence electrons. The molecule has 20 heavy (non-hydrogen) atoms. The lowest BCUT2D eigenvalue weighted by Crippen LogP contribution is -2.22. The zero-order valence-electron chi connectivity index (χ0n) is 12.4. The minimum absolute atomic E-state index is 0.335. The zero-order chi connectivity index (χ0) is 14.6. The van der Waals surface area contributed by atoms with Crippen LogP contribution in [0.15, 0.2) is 6.20 Å². The van der Waals surface area contributed by atoms with Crippen molar-refractivity contribution in [2.24, 2.45) is 0 Å². The van der Waals surface area contributed by atoms with Gasteiger partial charge in [0.2, 0.25) is 0 Å². The number of aromatic nitrogens is 3. The summed E-state index contributed by atoms with van der Waals surface area (Å²) in [5, 5.41) is 21.0. The average molecular weight is 286 g/mol. The molecule has 0 fully saturated rings. The standard InChI is InChI=1S/C13H26N4O3/c1-3-4-6-20-11-13(18)10-17-9-12(15-16-17)8-14-5-7-19-2/h9,13-14,18H,3-8,10-11H2,1-2H3. The second-order valence-electron chi connectivity index (χ2n) is 4.68. The first-order chi connectivity index (χ1) is 9.76. The Morgan fingerprint density at radius 1 is 1.45 bits per heavy atom. The van der Waals surface area contributed by atoms with Crippen LogP contribution in [0.5, 0.6) is 0 Å². The molecular weight excluding hydrogens is 260 g/mol. The molecule has 0 radical (unpaired) electrons. The third-order valence-corrected chi connectivity index (χ3v) is 2.73. The number of aliphatic hydroxyl groups excluding tert-OH is 1. The number of nitrogens with one attached hydrogen (secondary N) is 1. The van der Waals surface area contributed by atoms with Crippen LogP contribution in [0.25, 0.3) is 0 Å². The van der Waals surface area contributed by atoms with Gasteiger partial charge >= 0.3 is 0 Å². The molecule has 0 aromatic carbocycles. The molecule has 1 aromatic heterocycles. The number of rotatable bonds is 12. The Morgan fingerprint density at radius 2 is 2.30 bits per heavy atom. The smallest absolute Gasteiger partial charge is 0.0969 e. The van der Waals surface area contributed by atoms with Crippen molar-refractivity contribution < 1.29 is 14.6 Å². The van der Waals surface area contributed by atoms with Crippen LogP contribution in [0.1, 0.15) is 25.5 Å². The summed E-state index contributed by atoms with van der Waals surface area (Å²) in [5.41, 5.74) is 0.847. The van der Waals surface area contributed by atoms with Crippen molar-refractivity contribution in [3.63, 3.8) is 0 Å². The molecule has 0 aliphatic rings. The van der Waals surface area contributed by atoms with E-state index in [-0.39, 0.29) is 0 Å². The van der Waals surface area contributed by atoms with E-state index >= 15 is 0 Å². The number of nitrogens with zero attached hydrogens (tertiary/aromatic N) is 3. The average Bonchev–Trinajstić information content (AvgIpc) is 2.87. The molecule has 1 unspecified atom stereocenters. The number of methoxy groups -OCH3 is 1. The molecule has 1 heterocycles. The normalized spacial score (nSPS) is 12.8. The monoisotopic (exact) mass is 286 g/mol. The van der Waals surface area contributed by atoms with Crippen molar-refractivity contribution in [3.8, 4) is 0 Å². The molecule has 1 rings (SSSR count). The Morgan fingerprint density at radius 3 is 3.05 bits per heavy atom. The first-order valence-corrected chi connectivity index (χ1v) is 7.10. The maximum atomic E-state index is 9.81. The van der Waals surface area contributed by atoms with Gasteiger partial charge in [-0.1, -0.05) is 18.6 Å². The topological polar surface area (TPSA) is 81.4 Å². The maximum Gasteiger partial charge on any atom is 0.0969 e. The number of hydrogen-bond donors (Lipinski definition) is 2. The molecule has 2 N–H and O–H groups in total. The van der Waals surface area contributed by atoms with Crippen molar-refractivity contribution in [1.82, 2.24) is 20.3 Å². The second kappa shape index (κ2) is 10.7. The Balaban J connectivity index is 2.18. The van der Waals surface area contributed by atoms with Crippen LogP contribution in [-0.4, -0.2) is 59.7 Å². The van der Waals surface area contributed by atoms with Crippen LogP contribution in [0.2, 0.25) is 0 Å². The summed E-state index contributed by atoms with van der Waals surface area (Å²) in [4.78, 5) is 0.